The van der Waals surface area contributed by atoms with Crippen LogP contribution in [0.3, 0.4) is 0 Å². The second kappa shape index (κ2) is 11.2. The number of benzene rings is 1. The van der Waals surface area contributed by atoms with Crippen LogP contribution in [0, 0.1) is 0 Å². The molecule has 0 saturated heterocycles. The zero-order chi connectivity index (χ0) is 22.4. The molecule has 1 aromatic rings. The SMILES string of the molecule is C=CC[C@H]1C=C(B([C@@H]2C=CC(CCCCCC)=C2)N(C(C)C)C(C)C)c2ccccc21. The van der Waals surface area contributed by atoms with Gasteiger partial charge in [-0.1, -0.05) is 120 Å². The fraction of sp³-hybridized carbons (Fsp3) is 0.517. The molecule has 0 N–H and O–H groups in total. The molecule has 2 heteroatoms. The van der Waals surface area contributed by atoms with Gasteiger partial charge in [0, 0.05) is 5.92 Å². The van der Waals surface area contributed by atoms with Gasteiger partial charge in [0.2, 0.25) is 0 Å². The van der Waals surface area contributed by atoms with Gasteiger partial charge in [-0.15, -0.1) is 6.58 Å². The van der Waals surface area contributed by atoms with Crippen LogP contribution in [0.4, 0.5) is 0 Å². The summed E-state index contributed by atoms with van der Waals surface area (Å²) in [5.74, 6) is 0.892. The Morgan fingerprint density at radius 2 is 1.77 bits per heavy atom. The van der Waals surface area contributed by atoms with Crippen molar-refractivity contribution < 1.29 is 0 Å². The van der Waals surface area contributed by atoms with E-state index in [0.717, 1.165) is 6.42 Å². The standard InChI is InChI=1S/C29H42BN/c1-7-9-10-11-15-24-18-19-26(20-24)30(31(22(3)4)23(5)6)29-21-25(14-8-2)27-16-12-13-17-28(27)29/h8,12-13,16-23,25-26H,2,7,9-11,14-15H2,1,3-6H3/t25-,26+/m0/s1. The average molecular weight is 415 g/mol. The summed E-state index contributed by atoms with van der Waals surface area (Å²) in [4.78, 5) is 2.73. The van der Waals surface area contributed by atoms with Crippen molar-refractivity contribution in [1.82, 2.24) is 4.81 Å². The molecule has 3 rings (SSSR count). The molecule has 0 unspecified atom stereocenters. The molecule has 1 aromatic carbocycles. The quantitative estimate of drug-likeness (QED) is 0.189. The molecule has 1 nitrogen and oxygen atoms in total. The van der Waals surface area contributed by atoms with Gasteiger partial charge >= 0.3 is 0 Å². The molecule has 0 amide bonds. The Labute approximate surface area is 192 Å². The van der Waals surface area contributed by atoms with Crippen LogP contribution >= 0.6 is 0 Å². The first kappa shape index (κ1) is 23.9. The van der Waals surface area contributed by atoms with Crippen molar-refractivity contribution in [2.24, 2.45) is 0 Å². The van der Waals surface area contributed by atoms with Crippen molar-refractivity contribution in [2.75, 3.05) is 0 Å². The molecule has 0 fully saturated rings. The third-order valence-corrected chi connectivity index (χ3v) is 6.93. The minimum Gasteiger partial charge on any atom is -0.333 e. The monoisotopic (exact) mass is 415 g/mol. The van der Waals surface area contributed by atoms with Crippen LogP contribution in [0.25, 0.3) is 5.47 Å². The molecular formula is C29H42BN. The number of fused-ring (bicyclic) bond motifs is 1. The second-order valence-electron chi connectivity index (χ2n) is 9.91. The fourth-order valence-corrected chi connectivity index (χ4v) is 5.63. The highest BCUT2D eigenvalue weighted by Crippen LogP contribution is 2.44. The Hall–Kier alpha value is -1.80. The molecule has 0 bridgehead atoms. The maximum Gasteiger partial charge on any atom is 0.269 e. The lowest BCUT2D eigenvalue weighted by Crippen LogP contribution is -2.50. The van der Waals surface area contributed by atoms with Gasteiger partial charge in [0.15, 0.2) is 0 Å². The number of rotatable bonds is 12. The lowest BCUT2D eigenvalue weighted by Gasteiger charge is -2.39. The summed E-state index contributed by atoms with van der Waals surface area (Å²) < 4.78 is 0. The van der Waals surface area contributed by atoms with Gasteiger partial charge in [-0.25, -0.2) is 0 Å². The molecule has 2 aliphatic rings. The zero-order valence-corrected chi connectivity index (χ0v) is 20.5. The number of unbranched alkanes of at least 4 members (excludes halogenated alkanes) is 3. The Bertz CT molecular complexity index is 821. The third kappa shape index (κ3) is 5.53. The Kier molecular flexibility index (Phi) is 8.61. The first-order chi connectivity index (χ1) is 15.0. The highest BCUT2D eigenvalue weighted by Gasteiger charge is 2.40. The number of hydrogen-bond acceptors (Lipinski definition) is 1. The van der Waals surface area contributed by atoms with Crippen molar-refractivity contribution in [3.8, 4) is 0 Å². The van der Waals surface area contributed by atoms with Crippen molar-refractivity contribution >= 4 is 12.3 Å². The van der Waals surface area contributed by atoms with Gasteiger partial charge in [-0.05, 0) is 48.3 Å². The van der Waals surface area contributed by atoms with Crippen molar-refractivity contribution in [2.45, 2.75) is 97.0 Å². The van der Waals surface area contributed by atoms with E-state index in [1.165, 1.54) is 54.3 Å². The Morgan fingerprint density at radius 1 is 1.03 bits per heavy atom. The van der Waals surface area contributed by atoms with E-state index >= 15 is 0 Å². The molecule has 0 heterocycles. The van der Waals surface area contributed by atoms with Crippen LogP contribution in [0.2, 0.25) is 5.82 Å². The Morgan fingerprint density at radius 3 is 2.45 bits per heavy atom. The second-order valence-corrected chi connectivity index (χ2v) is 9.91. The number of hydrogen-bond donors (Lipinski definition) is 0. The highest BCUT2D eigenvalue weighted by molar-refractivity contribution is 6.79. The maximum absolute atomic E-state index is 4.03. The normalized spacial score (nSPS) is 19.9. The summed E-state index contributed by atoms with van der Waals surface area (Å²) in [5.41, 5.74) is 5.97. The largest absolute Gasteiger partial charge is 0.333 e. The van der Waals surface area contributed by atoms with Gasteiger partial charge < -0.3 is 4.81 Å². The topological polar surface area (TPSA) is 3.24 Å². The first-order valence-electron chi connectivity index (χ1n) is 12.6. The average Bonchev–Trinajstić information content (AvgIpc) is 3.34. The molecule has 0 saturated carbocycles. The van der Waals surface area contributed by atoms with Gasteiger partial charge in [-0.3, -0.25) is 0 Å². The van der Waals surface area contributed by atoms with E-state index in [0.29, 0.717) is 30.7 Å². The van der Waals surface area contributed by atoms with Crippen LogP contribution in [-0.4, -0.2) is 23.7 Å². The van der Waals surface area contributed by atoms with Crippen LogP contribution in [0.15, 0.2) is 66.8 Å². The first-order valence-corrected chi connectivity index (χ1v) is 12.6. The molecule has 0 aliphatic heterocycles. The van der Waals surface area contributed by atoms with Gasteiger partial charge in [0.1, 0.15) is 0 Å². The van der Waals surface area contributed by atoms with Gasteiger partial charge in [-0.2, -0.15) is 0 Å². The molecule has 0 aromatic heterocycles. The summed E-state index contributed by atoms with van der Waals surface area (Å²) in [6.45, 7) is 16.1. The molecule has 31 heavy (non-hydrogen) atoms. The molecule has 0 spiro atoms. The fourth-order valence-electron chi connectivity index (χ4n) is 5.63. The van der Waals surface area contributed by atoms with Crippen molar-refractivity contribution in [1.29, 1.82) is 0 Å². The van der Waals surface area contributed by atoms with E-state index in [2.05, 4.69) is 101 Å². The summed E-state index contributed by atoms with van der Waals surface area (Å²) in [6, 6.07) is 10.0. The van der Waals surface area contributed by atoms with E-state index in [1.807, 2.05) is 0 Å². The predicted octanol–water partition coefficient (Wildman–Crippen LogP) is 8.23. The Balaban J connectivity index is 1.95. The maximum atomic E-state index is 4.03. The number of nitrogens with zero attached hydrogens (tertiary/aromatic N) is 1. The minimum absolute atomic E-state index is 0.375. The molecule has 2 atom stereocenters. The van der Waals surface area contributed by atoms with Crippen LogP contribution in [0.5, 0.6) is 0 Å². The lowest BCUT2D eigenvalue weighted by molar-refractivity contribution is 0.305. The third-order valence-electron chi connectivity index (χ3n) is 6.93. The number of allylic oxidation sites excluding steroid dienone is 6. The van der Waals surface area contributed by atoms with E-state index in [-0.39, 0.29) is 0 Å². The molecular weight excluding hydrogens is 373 g/mol. The summed E-state index contributed by atoms with van der Waals surface area (Å²) in [7, 11) is 0. The molecule has 0 radical (unpaired) electrons. The lowest BCUT2D eigenvalue weighted by atomic mass is 9.43. The van der Waals surface area contributed by atoms with E-state index < -0.39 is 0 Å². The summed E-state index contributed by atoms with van der Waals surface area (Å²) in [6.07, 6.45) is 19.6. The van der Waals surface area contributed by atoms with Gasteiger partial charge in [0.25, 0.3) is 6.85 Å². The summed E-state index contributed by atoms with van der Waals surface area (Å²) in [5, 5.41) is 0. The van der Waals surface area contributed by atoms with Crippen LogP contribution in [0.1, 0.15) is 90.2 Å². The van der Waals surface area contributed by atoms with E-state index in [4.69, 9.17) is 0 Å². The zero-order valence-electron chi connectivity index (χ0n) is 20.5. The smallest absolute Gasteiger partial charge is 0.269 e. The minimum atomic E-state index is 0.375. The van der Waals surface area contributed by atoms with E-state index in [9.17, 15) is 0 Å². The molecule has 2 aliphatic carbocycles. The highest BCUT2D eigenvalue weighted by atomic mass is 15.1. The van der Waals surface area contributed by atoms with E-state index in [1.54, 1.807) is 0 Å². The van der Waals surface area contributed by atoms with Gasteiger partial charge in [0.05, 0.1) is 0 Å². The van der Waals surface area contributed by atoms with Crippen LogP contribution in [-0.2, 0) is 0 Å². The van der Waals surface area contributed by atoms with Crippen molar-refractivity contribution in [3.63, 3.8) is 0 Å². The predicted molar refractivity (Wildman–Crippen MR) is 140 cm³/mol. The van der Waals surface area contributed by atoms with Crippen LogP contribution < -0.4 is 0 Å². The summed E-state index contributed by atoms with van der Waals surface area (Å²) >= 11 is 0. The molecule has 166 valence electrons. The van der Waals surface area contributed by atoms with Crippen molar-refractivity contribution in [3.05, 3.63) is 77.9 Å².